The van der Waals surface area contributed by atoms with Crippen LogP contribution < -0.4 is 4.73 Å². The number of hydrogen-bond acceptors (Lipinski definition) is 3. The molecule has 0 atom stereocenters. The minimum atomic E-state index is -1.68. The number of para-hydroxylation sites is 1. The zero-order valence-electron chi connectivity index (χ0n) is 18.1. The lowest BCUT2D eigenvalue weighted by Crippen LogP contribution is -2.40. The summed E-state index contributed by atoms with van der Waals surface area (Å²) in [5, 5.41) is 13.5. The number of pyridine rings is 1. The number of rotatable bonds is 7. The second-order valence-electron chi connectivity index (χ2n) is 9.05. The van der Waals surface area contributed by atoms with Crippen molar-refractivity contribution in [1.82, 2.24) is 9.55 Å². The monoisotopic (exact) mass is 399 g/mol. The van der Waals surface area contributed by atoms with Gasteiger partial charge < -0.3 is 14.2 Å². The van der Waals surface area contributed by atoms with Gasteiger partial charge in [0.15, 0.2) is 13.8 Å². The molecule has 0 fully saturated rings. The van der Waals surface area contributed by atoms with Crippen LogP contribution in [0.1, 0.15) is 46.4 Å². The van der Waals surface area contributed by atoms with E-state index in [0.717, 1.165) is 59.4 Å². The number of aromatic nitrogens is 3. The molecule has 1 aromatic carbocycles. The summed E-state index contributed by atoms with van der Waals surface area (Å²) in [4.78, 5) is 4.73. The summed E-state index contributed by atoms with van der Waals surface area (Å²) in [6.45, 7) is 15.3. The van der Waals surface area contributed by atoms with Gasteiger partial charge >= 0.3 is 0 Å². The van der Waals surface area contributed by atoms with Crippen LogP contribution in [0.2, 0.25) is 18.1 Å². The lowest BCUT2D eigenvalue weighted by atomic mass is 10.2. The first-order valence-corrected chi connectivity index (χ1v) is 13.2. The molecule has 152 valence electrons. The van der Waals surface area contributed by atoms with Gasteiger partial charge in [-0.25, -0.2) is 4.98 Å². The molecule has 28 heavy (non-hydrogen) atoms. The smallest absolute Gasteiger partial charge is 0.226 e. The maximum Gasteiger partial charge on any atom is 0.226 e. The lowest BCUT2D eigenvalue weighted by molar-refractivity contribution is -0.575. The predicted octanol–water partition coefficient (Wildman–Crippen LogP) is 5.19. The highest BCUT2D eigenvalue weighted by atomic mass is 28.4. The second-order valence-corrected chi connectivity index (χ2v) is 13.9. The maximum absolute atomic E-state index is 12.3. The Bertz CT molecular complexity index is 973. The highest BCUT2D eigenvalue weighted by Crippen LogP contribution is 2.36. The predicted molar refractivity (Wildman–Crippen MR) is 118 cm³/mol. The maximum atomic E-state index is 12.3. The Morgan fingerprint density at radius 2 is 1.89 bits per heavy atom. The van der Waals surface area contributed by atoms with E-state index in [2.05, 4.69) is 45.4 Å². The minimum Gasteiger partial charge on any atom is -0.618 e. The van der Waals surface area contributed by atoms with E-state index >= 15 is 0 Å². The molecule has 0 aliphatic rings. The van der Waals surface area contributed by atoms with Crippen LogP contribution in [0.4, 0.5) is 0 Å². The number of nitrogens with zero attached hydrogens (tertiary/aromatic N) is 3. The van der Waals surface area contributed by atoms with Crippen LogP contribution in [0.5, 0.6) is 0 Å². The van der Waals surface area contributed by atoms with Crippen LogP contribution in [-0.4, -0.2) is 24.5 Å². The van der Waals surface area contributed by atoms with E-state index in [9.17, 15) is 5.21 Å². The van der Waals surface area contributed by atoms with Crippen molar-refractivity contribution in [2.75, 3.05) is 6.61 Å². The minimum absolute atomic E-state index is 0.246. The van der Waals surface area contributed by atoms with E-state index in [-0.39, 0.29) is 5.04 Å². The molecule has 6 heteroatoms. The van der Waals surface area contributed by atoms with Gasteiger partial charge in [-0.1, -0.05) is 39.8 Å². The number of unbranched alkanes of at least 4 members (excludes halogenated alkanes) is 1. The topological polar surface area (TPSA) is 54.0 Å². The van der Waals surface area contributed by atoms with Gasteiger partial charge in [0.25, 0.3) is 0 Å². The fourth-order valence-electron chi connectivity index (χ4n) is 3.37. The molecule has 0 saturated heterocycles. The fourth-order valence-corrected chi connectivity index (χ4v) is 4.45. The third-order valence-corrected chi connectivity index (χ3v) is 10.6. The molecule has 0 radical (unpaired) electrons. The number of aryl methyl sites for hydroxylation is 2. The Kier molecular flexibility index (Phi) is 5.82. The number of fused-ring (bicyclic) bond motifs is 3. The van der Waals surface area contributed by atoms with Crippen LogP contribution in [0.3, 0.4) is 0 Å². The number of imidazole rings is 1. The van der Waals surface area contributed by atoms with Crippen LogP contribution in [-0.2, 0) is 17.4 Å². The molecule has 3 rings (SSSR count). The van der Waals surface area contributed by atoms with Gasteiger partial charge in [0, 0.05) is 25.6 Å². The molecule has 0 bridgehead atoms. The zero-order chi connectivity index (χ0) is 20.5. The van der Waals surface area contributed by atoms with Crippen molar-refractivity contribution in [2.45, 2.75) is 71.6 Å². The lowest BCUT2D eigenvalue weighted by Gasteiger charge is -2.36. The van der Waals surface area contributed by atoms with E-state index in [0.29, 0.717) is 5.52 Å². The van der Waals surface area contributed by atoms with Gasteiger partial charge in [0.05, 0.1) is 10.9 Å². The first-order chi connectivity index (χ1) is 13.2. The molecule has 0 amide bonds. The van der Waals surface area contributed by atoms with E-state index < -0.39 is 8.32 Å². The first-order valence-electron chi connectivity index (χ1n) is 10.3. The van der Waals surface area contributed by atoms with E-state index in [1.807, 2.05) is 24.3 Å². The number of benzene rings is 1. The van der Waals surface area contributed by atoms with Crippen molar-refractivity contribution < 1.29 is 9.16 Å². The Labute approximate surface area is 169 Å². The highest BCUT2D eigenvalue weighted by molar-refractivity contribution is 6.74. The molecule has 2 aromatic heterocycles. The largest absolute Gasteiger partial charge is 0.618 e. The normalized spacial score (nSPS) is 12.9. The van der Waals surface area contributed by atoms with Gasteiger partial charge in [0.2, 0.25) is 11.7 Å². The van der Waals surface area contributed by atoms with Crippen molar-refractivity contribution in [3.05, 3.63) is 41.5 Å². The molecule has 2 heterocycles. The van der Waals surface area contributed by atoms with Gasteiger partial charge in [-0.3, -0.25) is 0 Å². The molecule has 0 saturated carbocycles. The van der Waals surface area contributed by atoms with Gasteiger partial charge in [-0.05, 0) is 37.0 Å². The molecular weight excluding hydrogens is 366 g/mol. The molecule has 0 N–H and O–H groups in total. The van der Waals surface area contributed by atoms with Gasteiger partial charge in [-0.15, -0.1) is 0 Å². The summed E-state index contributed by atoms with van der Waals surface area (Å²) in [6.07, 6.45) is 4.52. The number of hydrogen-bond donors (Lipinski definition) is 0. The van der Waals surface area contributed by atoms with Crippen molar-refractivity contribution in [1.29, 1.82) is 0 Å². The molecule has 0 spiro atoms. The SMILES string of the molecule is CCc1nc2c[n+]([O-])c3ccccc3c2n1CCCCO[Si](C)(C)C(C)(C)C. The Hall–Kier alpha value is -1.92. The summed E-state index contributed by atoms with van der Waals surface area (Å²) >= 11 is 0. The van der Waals surface area contributed by atoms with E-state index in [1.165, 1.54) is 0 Å². The summed E-state index contributed by atoms with van der Waals surface area (Å²) in [5.74, 6) is 1.04. The Morgan fingerprint density at radius 3 is 2.57 bits per heavy atom. The van der Waals surface area contributed by atoms with Crippen LogP contribution >= 0.6 is 0 Å². The zero-order valence-corrected chi connectivity index (χ0v) is 19.1. The summed E-state index contributed by atoms with van der Waals surface area (Å²) in [6, 6.07) is 7.78. The quantitative estimate of drug-likeness (QED) is 0.238. The summed E-state index contributed by atoms with van der Waals surface area (Å²) in [5.41, 5.74) is 2.55. The molecule has 0 unspecified atom stereocenters. The average molecular weight is 400 g/mol. The molecule has 0 aliphatic heterocycles. The molecule has 3 aromatic rings. The third-order valence-electron chi connectivity index (χ3n) is 6.07. The van der Waals surface area contributed by atoms with E-state index in [4.69, 9.17) is 9.41 Å². The Morgan fingerprint density at radius 1 is 1.18 bits per heavy atom. The fraction of sp³-hybridized carbons (Fsp3) is 0.545. The second kappa shape index (κ2) is 7.83. The van der Waals surface area contributed by atoms with Crippen molar-refractivity contribution in [2.24, 2.45) is 0 Å². The third kappa shape index (κ3) is 3.94. The van der Waals surface area contributed by atoms with Crippen LogP contribution in [0.25, 0.3) is 21.9 Å². The van der Waals surface area contributed by atoms with Crippen LogP contribution in [0, 0.1) is 5.21 Å². The van der Waals surface area contributed by atoms with Crippen molar-refractivity contribution >= 4 is 30.3 Å². The summed E-state index contributed by atoms with van der Waals surface area (Å²) < 4.78 is 9.54. The van der Waals surface area contributed by atoms with Gasteiger partial charge in [-0.2, -0.15) is 4.73 Å². The molecule has 5 nitrogen and oxygen atoms in total. The van der Waals surface area contributed by atoms with Crippen LogP contribution in [0.15, 0.2) is 30.5 Å². The van der Waals surface area contributed by atoms with E-state index in [1.54, 1.807) is 6.20 Å². The Balaban J connectivity index is 1.79. The first kappa shape index (κ1) is 20.8. The molecular formula is C22H33N3O2Si. The van der Waals surface area contributed by atoms with Crippen molar-refractivity contribution in [3.8, 4) is 0 Å². The van der Waals surface area contributed by atoms with Crippen molar-refractivity contribution in [3.63, 3.8) is 0 Å². The average Bonchev–Trinajstić information content (AvgIpc) is 2.98. The standard InChI is InChI=1S/C22H33N3O2Si/c1-7-20-23-18-16-25(26)19-13-9-8-12-17(19)21(18)24(20)14-10-11-15-27-28(5,6)22(2,3)4/h8-9,12-13,16H,7,10-11,14-15H2,1-6H3. The summed E-state index contributed by atoms with van der Waals surface area (Å²) in [7, 11) is -1.68. The highest BCUT2D eigenvalue weighted by Gasteiger charge is 2.36. The van der Waals surface area contributed by atoms with Gasteiger partial charge in [0.1, 0.15) is 5.82 Å². The molecule has 0 aliphatic carbocycles.